The number of hydrogen-bond donors (Lipinski definition) is 1. The molecule has 1 heterocycles. The number of likely N-dealkylation sites (tertiary alicyclic amines) is 1. The fourth-order valence-corrected chi connectivity index (χ4v) is 5.17. The lowest BCUT2D eigenvalue weighted by molar-refractivity contribution is 0.0936. The lowest BCUT2D eigenvalue weighted by Gasteiger charge is -2.40. The molecule has 4 nitrogen and oxygen atoms in total. The predicted molar refractivity (Wildman–Crippen MR) is 127 cm³/mol. The van der Waals surface area contributed by atoms with E-state index >= 15 is 0 Å². The molecule has 5 heteroatoms. The Kier molecular flexibility index (Phi) is 8.79. The summed E-state index contributed by atoms with van der Waals surface area (Å²) in [7, 11) is 1.72. The first-order chi connectivity index (χ1) is 15.1. The van der Waals surface area contributed by atoms with E-state index in [4.69, 9.17) is 16.3 Å². The van der Waals surface area contributed by atoms with Gasteiger partial charge in [0, 0.05) is 42.8 Å². The Bertz CT molecular complexity index is 869. The molecule has 1 aliphatic rings. The molecule has 2 atom stereocenters. The van der Waals surface area contributed by atoms with Crippen molar-refractivity contribution in [2.45, 2.75) is 63.8 Å². The van der Waals surface area contributed by atoms with Gasteiger partial charge >= 0.3 is 6.09 Å². The molecule has 2 aromatic rings. The SMILES string of the molecule is CCc1cccc(-c2c(Cl)cccc2C(CCCCOC)C2CCCCN2C(=O)O)c1. The van der Waals surface area contributed by atoms with Crippen LogP contribution in [0.15, 0.2) is 42.5 Å². The molecular formula is C26H34ClNO3. The first-order valence-corrected chi connectivity index (χ1v) is 11.8. The Balaban J connectivity index is 2.05. The topological polar surface area (TPSA) is 49.8 Å². The minimum atomic E-state index is -0.817. The van der Waals surface area contributed by atoms with Crippen LogP contribution in [0.3, 0.4) is 0 Å². The second-order valence-corrected chi connectivity index (χ2v) is 8.80. The van der Waals surface area contributed by atoms with Gasteiger partial charge in [-0.15, -0.1) is 0 Å². The van der Waals surface area contributed by atoms with Crippen molar-refractivity contribution >= 4 is 17.7 Å². The summed E-state index contributed by atoms with van der Waals surface area (Å²) in [6.07, 6.45) is 5.90. The lowest BCUT2D eigenvalue weighted by Crippen LogP contribution is -2.46. The van der Waals surface area contributed by atoms with E-state index < -0.39 is 6.09 Å². The molecule has 1 saturated heterocycles. The van der Waals surface area contributed by atoms with Crippen LogP contribution in [0, 0.1) is 0 Å². The average molecular weight is 444 g/mol. The number of methoxy groups -OCH3 is 1. The maximum Gasteiger partial charge on any atom is 0.407 e. The van der Waals surface area contributed by atoms with Crippen molar-refractivity contribution in [2.75, 3.05) is 20.3 Å². The lowest BCUT2D eigenvalue weighted by atomic mass is 9.79. The largest absolute Gasteiger partial charge is 0.465 e. The monoisotopic (exact) mass is 443 g/mol. The van der Waals surface area contributed by atoms with Crippen molar-refractivity contribution < 1.29 is 14.6 Å². The van der Waals surface area contributed by atoms with Gasteiger partial charge in [0.25, 0.3) is 0 Å². The third kappa shape index (κ3) is 5.81. The highest BCUT2D eigenvalue weighted by Crippen LogP contribution is 2.42. The Hall–Kier alpha value is -2.04. The number of halogens is 1. The summed E-state index contributed by atoms with van der Waals surface area (Å²) in [6.45, 7) is 3.48. The Morgan fingerprint density at radius 1 is 1.23 bits per heavy atom. The Morgan fingerprint density at radius 2 is 2.03 bits per heavy atom. The van der Waals surface area contributed by atoms with Crippen LogP contribution in [-0.4, -0.2) is 42.4 Å². The van der Waals surface area contributed by atoms with E-state index in [0.29, 0.717) is 6.54 Å². The number of rotatable bonds is 9. The molecule has 1 fully saturated rings. The van der Waals surface area contributed by atoms with Gasteiger partial charge in [0.15, 0.2) is 0 Å². The number of amides is 1. The average Bonchev–Trinajstić information content (AvgIpc) is 2.79. The zero-order valence-electron chi connectivity index (χ0n) is 18.6. The minimum Gasteiger partial charge on any atom is -0.465 e. The van der Waals surface area contributed by atoms with Gasteiger partial charge < -0.3 is 14.7 Å². The molecule has 0 spiro atoms. The number of carbonyl (C=O) groups is 1. The summed E-state index contributed by atoms with van der Waals surface area (Å²) < 4.78 is 5.25. The van der Waals surface area contributed by atoms with Crippen molar-refractivity contribution in [3.63, 3.8) is 0 Å². The molecule has 0 saturated carbocycles. The quantitative estimate of drug-likeness (QED) is 0.424. The molecule has 0 bridgehead atoms. The van der Waals surface area contributed by atoms with Crippen molar-refractivity contribution in [3.05, 3.63) is 58.6 Å². The third-order valence-electron chi connectivity index (χ3n) is 6.44. The third-order valence-corrected chi connectivity index (χ3v) is 6.76. The summed E-state index contributed by atoms with van der Waals surface area (Å²) in [6, 6.07) is 14.6. The highest BCUT2D eigenvalue weighted by atomic mass is 35.5. The van der Waals surface area contributed by atoms with Crippen LogP contribution in [0.4, 0.5) is 4.79 Å². The fraction of sp³-hybridized carbons (Fsp3) is 0.500. The van der Waals surface area contributed by atoms with Crippen molar-refractivity contribution in [1.82, 2.24) is 4.90 Å². The maximum atomic E-state index is 12.1. The van der Waals surface area contributed by atoms with E-state index in [1.807, 2.05) is 12.1 Å². The molecule has 0 aliphatic carbocycles. The van der Waals surface area contributed by atoms with Crippen LogP contribution in [0.5, 0.6) is 0 Å². The molecule has 3 rings (SSSR count). The number of ether oxygens (including phenoxy) is 1. The molecule has 0 radical (unpaired) electrons. The fourth-order valence-electron chi connectivity index (χ4n) is 4.88. The number of unbranched alkanes of at least 4 members (excludes halogenated alkanes) is 1. The number of hydrogen-bond acceptors (Lipinski definition) is 2. The number of carboxylic acid groups (broad SMARTS) is 1. The van der Waals surface area contributed by atoms with Gasteiger partial charge in [-0.2, -0.15) is 0 Å². The summed E-state index contributed by atoms with van der Waals surface area (Å²) in [5.41, 5.74) is 4.59. The molecule has 2 unspecified atom stereocenters. The first-order valence-electron chi connectivity index (χ1n) is 11.4. The highest BCUT2D eigenvalue weighted by molar-refractivity contribution is 6.33. The smallest absolute Gasteiger partial charge is 0.407 e. The van der Waals surface area contributed by atoms with E-state index in [2.05, 4.69) is 37.3 Å². The van der Waals surface area contributed by atoms with E-state index in [0.717, 1.165) is 73.3 Å². The van der Waals surface area contributed by atoms with Gasteiger partial charge in [-0.25, -0.2) is 4.79 Å². The van der Waals surface area contributed by atoms with Crippen molar-refractivity contribution in [1.29, 1.82) is 0 Å². The Labute approximate surface area is 191 Å². The molecular weight excluding hydrogens is 410 g/mol. The van der Waals surface area contributed by atoms with Gasteiger partial charge in [-0.05, 0) is 61.3 Å². The van der Waals surface area contributed by atoms with Crippen LogP contribution in [0.2, 0.25) is 5.02 Å². The number of aryl methyl sites for hydroxylation is 1. The van der Waals surface area contributed by atoms with E-state index in [1.165, 1.54) is 5.56 Å². The summed E-state index contributed by atoms with van der Waals surface area (Å²) in [4.78, 5) is 13.7. The predicted octanol–water partition coefficient (Wildman–Crippen LogP) is 7.00. The van der Waals surface area contributed by atoms with Crippen LogP contribution >= 0.6 is 11.6 Å². The first kappa shape index (κ1) is 23.6. The van der Waals surface area contributed by atoms with Crippen molar-refractivity contribution in [3.8, 4) is 11.1 Å². The number of benzene rings is 2. The van der Waals surface area contributed by atoms with Crippen molar-refractivity contribution in [2.24, 2.45) is 0 Å². The standard InChI is InChI=1S/C26H34ClNO3/c1-3-19-10-8-11-20(18-19)25-22(13-9-14-23(25)27)21(12-5-7-17-31-2)24-15-4-6-16-28(24)26(29)30/h8-11,13-14,18,21,24H,3-7,12,15-17H2,1-2H3,(H,29,30). The zero-order valence-corrected chi connectivity index (χ0v) is 19.4. The van der Waals surface area contributed by atoms with E-state index in [1.54, 1.807) is 12.0 Å². The molecule has 1 aliphatic heterocycles. The zero-order chi connectivity index (χ0) is 22.2. The minimum absolute atomic E-state index is 0.0274. The molecule has 1 amide bonds. The van der Waals surface area contributed by atoms with Crippen LogP contribution in [0.25, 0.3) is 11.1 Å². The molecule has 168 valence electrons. The molecule has 2 aromatic carbocycles. The van der Waals surface area contributed by atoms with Gasteiger partial charge in [0.2, 0.25) is 0 Å². The summed E-state index contributed by atoms with van der Waals surface area (Å²) in [5.74, 6) is 0.104. The van der Waals surface area contributed by atoms with E-state index in [-0.39, 0.29) is 12.0 Å². The normalized spacial score (nSPS) is 17.5. The van der Waals surface area contributed by atoms with Gasteiger partial charge in [-0.3, -0.25) is 0 Å². The van der Waals surface area contributed by atoms with Gasteiger partial charge in [0.05, 0.1) is 0 Å². The molecule has 31 heavy (non-hydrogen) atoms. The van der Waals surface area contributed by atoms with E-state index in [9.17, 15) is 9.90 Å². The van der Waals surface area contributed by atoms with Crippen LogP contribution in [0.1, 0.15) is 62.5 Å². The number of piperidine rings is 1. The molecule has 1 N–H and O–H groups in total. The van der Waals surface area contributed by atoms with Crippen LogP contribution in [-0.2, 0) is 11.2 Å². The van der Waals surface area contributed by atoms with Crippen LogP contribution < -0.4 is 0 Å². The summed E-state index contributed by atoms with van der Waals surface area (Å²) in [5, 5.41) is 10.6. The summed E-state index contributed by atoms with van der Waals surface area (Å²) >= 11 is 6.78. The maximum absolute atomic E-state index is 12.1. The number of nitrogens with zero attached hydrogens (tertiary/aromatic N) is 1. The second-order valence-electron chi connectivity index (χ2n) is 8.39. The van der Waals surface area contributed by atoms with Gasteiger partial charge in [0.1, 0.15) is 0 Å². The molecule has 0 aromatic heterocycles. The Morgan fingerprint density at radius 3 is 2.77 bits per heavy atom. The van der Waals surface area contributed by atoms with Gasteiger partial charge in [-0.1, -0.05) is 61.3 Å². The second kappa shape index (κ2) is 11.5. The highest BCUT2D eigenvalue weighted by Gasteiger charge is 2.35.